The van der Waals surface area contributed by atoms with Gasteiger partial charge in [0.25, 0.3) is 0 Å². The van der Waals surface area contributed by atoms with Crippen LogP contribution in [-0.4, -0.2) is 0 Å². The van der Waals surface area contributed by atoms with Gasteiger partial charge in [0.2, 0.25) is 0 Å². The van der Waals surface area contributed by atoms with E-state index < -0.39 is 0 Å². The summed E-state index contributed by atoms with van der Waals surface area (Å²) in [5, 5.41) is 0.895. The lowest BCUT2D eigenvalue weighted by Gasteiger charge is -2.32. The van der Waals surface area contributed by atoms with Crippen molar-refractivity contribution in [1.82, 2.24) is 0 Å². The van der Waals surface area contributed by atoms with Crippen LogP contribution in [0.1, 0.15) is 21.6 Å². The molecule has 1 aliphatic heterocycles. The number of thioether (sulfide) groups is 2. The molecule has 0 amide bonds. The van der Waals surface area contributed by atoms with Gasteiger partial charge in [-0.05, 0) is 23.3 Å². The number of rotatable bonds is 2. The van der Waals surface area contributed by atoms with E-state index in [1.807, 2.05) is 23.5 Å². The van der Waals surface area contributed by atoms with Gasteiger partial charge in [-0.25, -0.2) is 0 Å². The van der Waals surface area contributed by atoms with E-state index in [1.54, 1.807) is 0 Å². The highest BCUT2D eigenvalue weighted by Crippen LogP contribution is 2.58. The van der Waals surface area contributed by atoms with Gasteiger partial charge in [-0.3, -0.25) is 0 Å². The highest BCUT2D eigenvalue weighted by atomic mass is 32.2. The van der Waals surface area contributed by atoms with E-state index in [0.29, 0.717) is 10.5 Å². The number of fused-ring (bicyclic) bond motifs is 1. The summed E-state index contributed by atoms with van der Waals surface area (Å²) in [5.41, 5.74) is 2.81. The molecule has 0 nitrogen and oxygen atoms in total. The van der Waals surface area contributed by atoms with Gasteiger partial charge in [-0.1, -0.05) is 72.8 Å². The molecular formula is C20H16S2. The lowest BCUT2D eigenvalue weighted by atomic mass is 10.0. The van der Waals surface area contributed by atoms with Gasteiger partial charge in [0.15, 0.2) is 0 Å². The van der Waals surface area contributed by atoms with Crippen molar-refractivity contribution in [3.05, 3.63) is 96.1 Å². The second kappa shape index (κ2) is 6.23. The fourth-order valence-corrected chi connectivity index (χ4v) is 5.81. The van der Waals surface area contributed by atoms with Gasteiger partial charge < -0.3 is 0 Å². The van der Waals surface area contributed by atoms with Crippen molar-refractivity contribution in [2.75, 3.05) is 0 Å². The maximum absolute atomic E-state index is 2.25. The monoisotopic (exact) mass is 320 g/mol. The normalized spacial score (nSPS) is 20.4. The van der Waals surface area contributed by atoms with Crippen molar-refractivity contribution in [3.8, 4) is 0 Å². The molecule has 0 fully saturated rings. The third-order valence-corrected chi connectivity index (χ3v) is 7.01. The summed E-state index contributed by atoms with van der Waals surface area (Å²) in [6.07, 6.45) is 0. The summed E-state index contributed by atoms with van der Waals surface area (Å²) in [6.45, 7) is 0. The van der Waals surface area contributed by atoms with Gasteiger partial charge in [-0.2, -0.15) is 0 Å². The fraction of sp³-hybridized carbons (Fsp3) is 0.100. The van der Waals surface area contributed by atoms with E-state index >= 15 is 0 Å². The van der Waals surface area contributed by atoms with Gasteiger partial charge in [0, 0.05) is 9.79 Å². The predicted octanol–water partition coefficient (Wildman–Crippen LogP) is 6.37. The van der Waals surface area contributed by atoms with Crippen molar-refractivity contribution in [2.45, 2.75) is 20.3 Å². The Bertz CT molecular complexity index is 686. The maximum Gasteiger partial charge on any atom is 0.0508 e. The fourth-order valence-electron chi connectivity index (χ4n) is 2.81. The largest absolute Gasteiger partial charge is 0.115 e. The Hall–Kier alpha value is -1.64. The van der Waals surface area contributed by atoms with Crippen LogP contribution < -0.4 is 0 Å². The molecule has 0 radical (unpaired) electrons. The molecule has 0 spiro atoms. The summed E-state index contributed by atoms with van der Waals surface area (Å²) in [6, 6.07) is 30.5. The van der Waals surface area contributed by atoms with Crippen LogP contribution >= 0.6 is 23.5 Å². The molecule has 4 rings (SSSR count). The summed E-state index contributed by atoms with van der Waals surface area (Å²) < 4.78 is 0. The quantitative estimate of drug-likeness (QED) is 0.538. The third kappa shape index (κ3) is 2.69. The van der Waals surface area contributed by atoms with Crippen molar-refractivity contribution >= 4 is 23.5 Å². The summed E-state index contributed by atoms with van der Waals surface area (Å²) >= 11 is 3.98. The van der Waals surface area contributed by atoms with Gasteiger partial charge >= 0.3 is 0 Å². The van der Waals surface area contributed by atoms with E-state index in [-0.39, 0.29) is 0 Å². The summed E-state index contributed by atoms with van der Waals surface area (Å²) in [4.78, 5) is 2.79. The Kier molecular flexibility index (Phi) is 3.96. The molecule has 22 heavy (non-hydrogen) atoms. The van der Waals surface area contributed by atoms with E-state index in [4.69, 9.17) is 0 Å². The average Bonchev–Trinajstić information content (AvgIpc) is 2.62. The molecule has 2 heteroatoms. The van der Waals surface area contributed by atoms with Crippen LogP contribution in [0.15, 0.2) is 94.7 Å². The second-order valence-electron chi connectivity index (χ2n) is 5.35. The molecule has 108 valence electrons. The van der Waals surface area contributed by atoms with Crippen LogP contribution in [-0.2, 0) is 0 Å². The molecule has 3 aromatic carbocycles. The standard InChI is InChI=1S/C20H16S2/c1-3-9-15(10-4-1)19-20(16-11-5-2-6-12-16)22-18-14-8-7-13-17(18)21-19/h1-14,19-20H/t19-,20+. The number of hydrogen-bond acceptors (Lipinski definition) is 2. The van der Waals surface area contributed by atoms with Crippen LogP contribution in [0.25, 0.3) is 0 Å². The topological polar surface area (TPSA) is 0 Å². The van der Waals surface area contributed by atoms with Gasteiger partial charge in [0.1, 0.15) is 0 Å². The van der Waals surface area contributed by atoms with E-state index in [2.05, 4.69) is 84.9 Å². The zero-order chi connectivity index (χ0) is 14.8. The zero-order valence-electron chi connectivity index (χ0n) is 12.1. The molecule has 1 heterocycles. The average molecular weight is 320 g/mol. The minimum absolute atomic E-state index is 0.448. The van der Waals surface area contributed by atoms with Gasteiger partial charge in [0.05, 0.1) is 10.5 Å². The molecule has 2 atom stereocenters. The molecule has 0 unspecified atom stereocenters. The van der Waals surface area contributed by atoms with Crippen molar-refractivity contribution in [1.29, 1.82) is 0 Å². The van der Waals surface area contributed by atoms with E-state index in [0.717, 1.165) is 0 Å². The first-order valence-corrected chi connectivity index (χ1v) is 9.20. The Balaban J connectivity index is 1.79. The van der Waals surface area contributed by atoms with Crippen molar-refractivity contribution < 1.29 is 0 Å². The Morgan fingerprint density at radius 1 is 0.455 bits per heavy atom. The van der Waals surface area contributed by atoms with E-state index in [1.165, 1.54) is 20.9 Å². The highest BCUT2D eigenvalue weighted by molar-refractivity contribution is 8.06. The van der Waals surface area contributed by atoms with Gasteiger partial charge in [-0.15, -0.1) is 23.5 Å². The molecule has 1 aliphatic rings. The SMILES string of the molecule is c1ccc([C@H]2Sc3ccccc3S[C@H]2c2ccccc2)cc1. The van der Waals surface area contributed by atoms with E-state index in [9.17, 15) is 0 Å². The molecule has 0 bridgehead atoms. The van der Waals surface area contributed by atoms with Crippen LogP contribution in [0.2, 0.25) is 0 Å². The minimum Gasteiger partial charge on any atom is -0.115 e. The molecule has 3 aromatic rings. The molecule has 0 saturated carbocycles. The third-order valence-electron chi connectivity index (χ3n) is 3.89. The maximum atomic E-state index is 2.25. The lowest BCUT2D eigenvalue weighted by Crippen LogP contribution is -2.09. The van der Waals surface area contributed by atoms with Crippen LogP contribution in [0.5, 0.6) is 0 Å². The second-order valence-corrected chi connectivity index (χ2v) is 7.71. The smallest absolute Gasteiger partial charge is 0.0508 e. The zero-order valence-corrected chi connectivity index (χ0v) is 13.7. The van der Waals surface area contributed by atoms with Crippen LogP contribution in [0, 0.1) is 0 Å². The lowest BCUT2D eigenvalue weighted by molar-refractivity contribution is 0.887. The predicted molar refractivity (Wildman–Crippen MR) is 96.5 cm³/mol. The molecule has 0 N–H and O–H groups in total. The molecular weight excluding hydrogens is 304 g/mol. The first-order chi connectivity index (χ1) is 10.9. The molecule has 0 aromatic heterocycles. The number of benzene rings is 3. The first kappa shape index (κ1) is 14.0. The number of hydrogen-bond donors (Lipinski definition) is 0. The first-order valence-electron chi connectivity index (χ1n) is 7.44. The minimum atomic E-state index is 0.448. The van der Waals surface area contributed by atoms with Crippen molar-refractivity contribution in [3.63, 3.8) is 0 Å². The molecule has 0 aliphatic carbocycles. The Labute approximate surface area is 140 Å². The van der Waals surface area contributed by atoms with Crippen LogP contribution in [0.4, 0.5) is 0 Å². The highest BCUT2D eigenvalue weighted by Gasteiger charge is 2.32. The Morgan fingerprint density at radius 2 is 0.818 bits per heavy atom. The van der Waals surface area contributed by atoms with Crippen LogP contribution in [0.3, 0.4) is 0 Å². The van der Waals surface area contributed by atoms with Crippen molar-refractivity contribution in [2.24, 2.45) is 0 Å². The summed E-state index contributed by atoms with van der Waals surface area (Å²) in [7, 11) is 0. The summed E-state index contributed by atoms with van der Waals surface area (Å²) in [5.74, 6) is 0. The Morgan fingerprint density at radius 3 is 1.23 bits per heavy atom. The molecule has 0 saturated heterocycles.